The Balaban J connectivity index is 1.90. The van der Waals surface area contributed by atoms with E-state index in [1.165, 1.54) is 0 Å². The number of hydrogen-bond donors (Lipinski definition) is 3. The van der Waals surface area contributed by atoms with Crippen LogP contribution in [0, 0.1) is 13.8 Å². The lowest BCUT2D eigenvalue weighted by atomic mass is 10.1. The van der Waals surface area contributed by atoms with Crippen molar-refractivity contribution in [2.24, 2.45) is 10.7 Å². The highest BCUT2D eigenvalue weighted by molar-refractivity contribution is 5.97. The summed E-state index contributed by atoms with van der Waals surface area (Å²) in [6.45, 7) is 4.00. The highest BCUT2D eigenvalue weighted by Crippen LogP contribution is 2.13. The Labute approximate surface area is 130 Å². The second-order valence-corrected chi connectivity index (χ2v) is 5.12. The smallest absolute Gasteiger partial charge is 0.246 e. The van der Waals surface area contributed by atoms with Crippen molar-refractivity contribution in [3.63, 3.8) is 0 Å². The van der Waals surface area contributed by atoms with Crippen molar-refractivity contribution in [3.8, 4) is 0 Å². The predicted molar refractivity (Wildman–Crippen MR) is 91.1 cm³/mol. The number of anilines is 2. The van der Waals surface area contributed by atoms with Crippen molar-refractivity contribution in [1.82, 2.24) is 0 Å². The average molecular weight is 296 g/mol. The monoisotopic (exact) mass is 296 g/mol. The van der Waals surface area contributed by atoms with Gasteiger partial charge >= 0.3 is 0 Å². The molecule has 0 bridgehead atoms. The van der Waals surface area contributed by atoms with Gasteiger partial charge in [-0.25, -0.2) is 4.99 Å². The minimum absolute atomic E-state index is 0.0292. The summed E-state index contributed by atoms with van der Waals surface area (Å²) in [6, 6.07) is 15.3. The first-order valence-electron chi connectivity index (χ1n) is 7.03. The Kier molecular flexibility index (Phi) is 5.14. The summed E-state index contributed by atoms with van der Waals surface area (Å²) in [7, 11) is 0. The zero-order valence-electron chi connectivity index (χ0n) is 12.8. The first-order chi connectivity index (χ1) is 10.5. The molecular formula is C17H20N4O. The van der Waals surface area contributed by atoms with Crippen LogP contribution in [-0.4, -0.2) is 18.4 Å². The third kappa shape index (κ3) is 4.94. The molecule has 2 aromatic carbocycles. The summed E-state index contributed by atoms with van der Waals surface area (Å²) in [5, 5.41) is 5.74. The van der Waals surface area contributed by atoms with Gasteiger partial charge in [0.25, 0.3) is 0 Å². The molecule has 0 saturated carbocycles. The summed E-state index contributed by atoms with van der Waals surface area (Å²) >= 11 is 0. The highest BCUT2D eigenvalue weighted by Gasteiger charge is 2.02. The van der Waals surface area contributed by atoms with Crippen molar-refractivity contribution in [1.29, 1.82) is 0 Å². The Bertz CT molecular complexity index is 660. The average Bonchev–Trinajstić information content (AvgIpc) is 2.45. The largest absolute Gasteiger partial charge is 0.370 e. The first kappa shape index (κ1) is 15.6. The van der Waals surface area contributed by atoms with E-state index in [-0.39, 0.29) is 18.4 Å². The summed E-state index contributed by atoms with van der Waals surface area (Å²) in [5.74, 6) is 0.00424. The van der Waals surface area contributed by atoms with E-state index in [9.17, 15) is 4.79 Å². The van der Waals surface area contributed by atoms with Crippen LogP contribution in [0.3, 0.4) is 0 Å². The molecule has 0 fully saturated rings. The lowest BCUT2D eigenvalue weighted by molar-refractivity contribution is -0.114. The first-order valence-corrected chi connectivity index (χ1v) is 7.03. The molecule has 0 aliphatic heterocycles. The van der Waals surface area contributed by atoms with E-state index in [2.05, 4.69) is 21.7 Å². The number of carbonyl (C=O) groups is 1. The van der Waals surface area contributed by atoms with Gasteiger partial charge in [-0.05, 0) is 49.2 Å². The predicted octanol–water partition coefficient (Wildman–Crippen LogP) is 2.67. The van der Waals surface area contributed by atoms with Gasteiger partial charge < -0.3 is 16.4 Å². The van der Waals surface area contributed by atoms with Gasteiger partial charge in [-0.1, -0.05) is 24.3 Å². The molecule has 0 spiro atoms. The van der Waals surface area contributed by atoms with Crippen molar-refractivity contribution in [3.05, 3.63) is 59.7 Å². The maximum atomic E-state index is 11.8. The molecule has 2 aromatic rings. The van der Waals surface area contributed by atoms with Gasteiger partial charge in [-0.3, -0.25) is 4.79 Å². The van der Waals surface area contributed by atoms with Crippen LogP contribution in [0.2, 0.25) is 0 Å². The maximum absolute atomic E-state index is 11.8. The molecule has 0 aliphatic carbocycles. The molecule has 0 unspecified atom stereocenters. The third-order valence-corrected chi connectivity index (χ3v) is 2.94. The van der Waals surface area contributed by atoms with Crippen molar-refractivity contribution in [2.75, 3.05) is 17.2 Å². The zero-order valence-corrected chi connectivity index (χ0v) is 12.8. The number of guanidine groups is 1. The molecule has 0 saturated heterocycles. The SMILES string of the molecule is Cc1cc(C)cc(NC(N)=NCC(=O)Nc2ccccc2)c1. The second-order valence-electron chi connectivity index (χ2n) is 5.12. The third-order valence-electron chi connectivity index (χ3n) is 2.94. The van der Waals surface area contributed by atoms with E-state index in [1.54, 1.807) is 0 Å². The van der Waals surface area contributed by atoms with Crippen LogP contribution in [0.5, 0.6) is 0 Å². The van der Waals surface area contributed by atoms with Gasteiger partial charge in [0.2, 0.25) is 5.91 Å². The summed E-state index contributed by atoms with van der Waals surface area (Å²) in [6.07, 6.45) is 0. The summed E-state index contributed by atoms with van der Waals surface area (Å²) in [4.78, 5) is 15.8. The van der Waals surface area contributed by atoms with E-state index >= 15 is 0 Å². The van der Waals surface area contributed by atoms with Crippen LogP contribution in [0.25, 0.3) is 0 Å². The van der Waals surface area contributed by atoms with Gasteiger partial charge in [0, 0.05) is 11.4 Å². The van der Waals surface area contributed by atoms with Gasteiger partial charge in [0.1, 0.15) is 6.54 Å². The minimum atomic E-state index is -0.212. The van der Waals surface area contributed by atoms with Crippen LogP contribution in [0.1, 0.15) is 11.1 Å². The topological polar surface area (TPSA) is 79.5 Å². The number of aryl methyl sites for hydroxylation is 2. The zero-order chi connectivity index (χ0) is 15.9. The highest BCUT2D eigenvalue weighted by atomic mass is 16.1. The fraction of sp³-hybridized carbons (Fsp3) is 0.176. The fourth-order valence-electron chi connectivity index (χ4n) is 2.11. The number of para-hydroxylation sites is 1. The quantitative estimate of drug-likeness (QED) is 0.599. The van der Waals surface area contributed by atoms with Crippen LogP contribution >= 0.6 is 0 Å². The number of carbonyl (C=O) groups excluding carboxylic acids is 1. The number of nitrogens with zero attached hydrogens (tertiary/aromatic N) is 1. The molecule has 0 radical (unpaired) electrons. The number of benzene rings is 2. The molecule has 5 nitrogen and oxygen atoms in total. The number of rotatable bonds is 4. The number of nitrogens with one attached hydrogen (secondary N) is 2. The molecule has 22 heavy (non-hydrogen) atoms. The summed E-state index contributed by atoms with van der Waals surface area (Å²) in [5.41, 5.74) is 9.68. The molecule has 1 amide bonds. The van der Waals surface area contributed by atoms with Crippen molar-refractivity contribution < 1.29 is 4.79 Å². The molecule has 114 valence electrons. The number of amides is 1. The Morgan fingerprint density at radius 1 is 1.00 bits per heavy atom. The maximum Gasteiger partial charge on any atom is 0.246 e. The van der Waals surface area contributed by atoms with Crippen LogP contribution in [0.15, 0.2) is 53.5 Å². The van der Waals surface area contributed by atoms with E-state index in [0.29, 0.717) is 0 Å². The molecule has 5 heteroatoms. The van der Waals surface area contributed by atoms with Crippen molar-refractivity contribution >= 4 is 23.2 Å². The van der Waals surface area contributed by atoms with E-state index in [4.69, 9.17) is 5.73 Å². The fourth-order valence-corrected chi connectivity index (χ4v) is 2.11. The molecule has 0 aromatic heterocycles. The second kappa shape index (κ2) is 7.26. The van der Waals surface area contributed by atoms with Gasteiger partial charge in [0.15, 0.2) is 5.96 Å². The molecule has 2 rings (SSSR count). The lowest BCUT2D eigenvalue weighted by Crippen LogP contribution is -2.25. The Morgan fingerprint density at radius 3 is 2.27 bits per heavy atom. The van der Waals surface area contributed by atoms with E-state index in [0.717, 1.165) is 22.5 Å². The molecule has 4 N–H and O–H groups in total. The Hall–Kier alpha value is -2.82. The van der Waals surface area contributed by atoms with Crippen LogP contribution in [0.4, 0.5) is 11.4 Å². The normalized spacial score (nSPS) is 11.1. The number of nitrogens with two attached hydrogens (primary N) is 1. The van der Waals surface area contributed by atoms with Gasteiger partial charge in [-0.15, -0.1) is 0 Å². The Morgan fingerprint density at radius 2 is 1.64 bits per heavy atom. The van der Waals surface area contributed by atoms with Crippen molar-refractivity contribution in [2.45, 2.75) is 13.8 Å². The van der Waals surface area contributed by atoms with E-state index < -0.39 is 0 Å². The minimum Gasteiger partial charge on any atom is -0.370 e. The lowest BCUT2D eigenvalue weighted by Gasteiger charge is -2.08. The van der Waals surface area contributed by atoms with Crippen LogP contribution < -0.4 is 16.4 Å². The molecule has 0 atom stereocenters. The summed E-state index contributed by atoms with van der Waals surface area (Å²) < 4.78 is 0. The van der Waals surface area contributed by atoms with Gasteiger partial charge in [-0.2, -0.15) is 0 Å². The van der Waals surface area contributed by atoms with Crippen LogP contribution in [-0.2, 0) is 4.79 Å². The number of aliphatic imine (C=N–C) groups is 1. The molecular weight excluding hydrogens is 276 g/mol. The molecule has 0 heterocycles. The molecule has 0 aliphatic rings. The number of hydrogen-bond acceptors (Lipinski definition) is 2. The van der Waals surface area contributed by atoms with E-state index in [1.807, 2.05) is 56.3 Å². The van der Waals surface area contributed by atoms with Gasteiger partial charge in [0.05, 0.1) is 0 Å². The standard InChI is InChI=1S/C17H20N4O/c1-12-8-13(2)10-15(9-12)21-17(18)19-11-16(22)20-14-6-4-3-5-7-14/h3-10H,11H2,1-2H3,(H,20,22)(H3,18,19,21).